The molecule has 0 saturated carbocycles. The maximum Gasteiger partial charge on any atom is 0.245 e. The van der Waals surface area contributed by atoms with Crippen LogP contribution in [0.5, 0.6) is 5.75 Å². The van der Waals surface area contributed by atoms with Crippen LogP contribution in [0.1, 0.15) is 6.42 Å². The van der Waals surface area contributed by atoms with E-state index in [4.69, 9.17) is 4.74 Å². The van der Waals surface area contributed by atoms with Crippen molar-refractivity contribution < 1.29 is 22.3 Å². The Morgan fingerprint density at radius 3 is 2.56 bits per heavy atom. The van der Waals surface area contributed by atoms with E-state index < -0.39 is 21.9 Å². The lowest BCUT2D eigenvalue weighted by atomic mass is 10.2. The molecule has 1 saturated heterocycles. The molecule has 0 unspecified atom stereocenters. The van der Waals surface area contributed by atoms with Gasteiger partial charge >= 0.3 is 0 Å². The molecule has 0 aromatic heterocycles. The fourth-order valence-electron chi connectivity index (χ4n) is 2.70. The predicted molar refractivity (Wildman–Crippen MR) is 90.5 cm³/mol. The van der Waals surface area contributed by atoms with Gasteiger partial charge in [0, 0.05) is 12.2 Å². The molecule has 0 bridgehead atoms. The number of halogens is 1. The lowest BCUT2D eigenvalue weighted by molar-refractivity contribution is -0.118. The van der Waals surface area contributed by atoms with Crippen LogP contribution in [-0.2, 0) is 14.8 Å². The molecule has 1 atom stereocenters. The number of rotatable bonds is 5. The van der Waals surface area contributed by atoms with Crippen molar-refractivity contribution in [2.24, 2.45) is 0 Å². The summed E-state index contributed by atoms with van der Waals surface area (Å²) in [5, 5.41) is 0. The summed E-state index contributed by atoms with van der Waals surface area (Å²) >= 11 is 0. The van der Waals surface area contributed by atoms with Crippen LogP contribution < -0.4 is 14.4 Å². The topological polar surface area (TPSA) is 75.7 Å². The summed E-state index contributed by atoms with van der Waals surface area (Å²) < 4.78 is 45.4. The average molecular weight is 364 g/mol. The number of anilines is 1. The third-order valence-electron chi connectivity index (χ3n) is 3.99. The monoisotopic (exact) mass is 364 g/mol. The fourth-order valence-corrected chi connectivity index (χ4v) is 3.95. The largest absolute Gasteiger partial charge is 0.497 e. The Morgan fingerprint density at radius 2 is 1.92 bits per heavy atom. The van der Waals surface area contributed by atoms with Crippen LogP contribution in [0.25, 0.3) is 0 Å². The van der Waals surface area contributed by atoms with E-state index in [0.29, 0.717) is 24.4 Å². The van der Waals surface area contributed by atoms with Gasteiger partial charge in [-0.2, -0.15) is 4.72 Å². The number of nitrogens with zero attached hydrogens (tertiary/aromatic N) is 1. The standard InChI is InChI=1S/C17H17FN2O4S/c1-24-14-7-5-13(6-8-14)20-10-9-16(17(20)21)19-25(22,23)15-4-2-3-12(18)11-15/h2-8,11,16,19H,9-10H2,1H3/t16-/m1/s1. The quantitative estimate of drug-likeness (QED) is 0.880. The maximum absolute atomic E-state index is 13.3. The summed E-state index contributed by atoms with van der Waals surface area (Å²) in [4.78, 5) is 13.8. The molecular formula is C17H17FN2O4S. The van der Waals surface area contributed by atoms with Crippen LogP contribution in [0.3, 0.4) is 0 Å². The summed E-state index contributed by atoms with van der Waals surface area (Å²) in [6, 6.07) is 10.7. The minimum atomic E-state index is -3.97. The predicted octanol–water partition coefficient (Wildman–Crippen LogP) is 1.92. The molecule has 0 radical (unpaired) electrons. The highest BCUT2D eigenvalue weighted by Gasteiger charge is 2.35. The number of carbonyl (C=O) groups excluding carboxylic acids is 1. The van der Waals surface area contributed by atoms with E-state index in [0.717, 1.165) is 12.1 Å². The molecule has 1 heterocycles. The number of ether oxygens (including phenoxy) is 1. The van der Waals surface area contributed by atoms with Gasteiger partial charge in [-0.05, 0) is 48.9 Å². The lowest BCUT2D eigenvalue weighted by Crippen LogP contribution is -2.41. The first kappa shape index (κ1) is 17.4. The van der Waals surface area contributed by atoms with Gasteiger partial charge in [-0.25, -0.2) is 12.8 Å². The normalized spacial score (nSPS) is 17.8. The van der Waals surface area contributed by atoms with E-state index in [1.807, 2.05) is 0 Å². The Hall–Kier alpha value is -2.45. The van der Waals surface area contributed by atoms with Crippen LogP contribution in [0, 0.1) is 5.82 Å². The zero-order valence-electron chi connectivity index (χ0n) is 13.5. The van der Waals surface area contributed by atoms with Crippen molar-refractivity contribution in [3.05, 3.63) is 54.3 Å². The van der Waals surface area contributed by atoms with Gasteiger partial charge in [-0.1, -0.05) is 6.07 Å². The van der Waals surface area contributed by atoms with Crippen LogP contribution in [-0.4, -0.2) is 34.0 Å². The summed E-state index contributed by atoms with van der Waals surface area (Å²) in [7, 11) is -2.42. The number of methoxy groups -OCH3 is 1. The van der Waals surface area contributed by atoms with Gasteiger partial charge < -0.3 is 9.64 Å². The van der Waals surface area contributed by atoms with Gasteiger partial charge in [0.2, 0.25) is 15.9 Å². The van der Waals surface area contributed by atoms with Gasteiger partial charge in [-0.3, -0.25) is 4.79 Å². The number of hydrogen-bond acceptors (Lipinski definition) is 4. The number of carbonyl (C=O) groups is 1. The first-order chi connectivity index (χ1) is 11.9. The Bertz CT molecular complexity index is 884. The van der Waals surface area contributed by atoms with Crippen molar-refractivity contribution in [1.82, 2.24) is 4.72 Å². The molecule has 8 heteroatoms. The van der Waals surface area contributed by atoms with E-state index in [2.05, 4.69) is 4.72 Å². The van der Waals surface area contributed by atoms with Gasteiger partial charge in [-0.15, -0.1) is 0 Å². The number of nitrogens with one attached hydrogen (secondary N) is 1. The number of sulfonamides is 1. The zero-order valence-corrected chi connectivity index (χ0v) is 14.3. The fraction of sp³-hybridized carbons (Fsp3) is 0.235. The molecule has 1 fully saturated rings. The highest BCUT2D eigenvalue weighted by Crippen LogP contribution is 2.25. The summed E-state index contributed by atoms with van der Waals surface area (Å²) in [6.45, 7) is 0.390. The van der Waals surface area contributed by atoms with E-state index in [9.17, 15) is 17.6 Å². The number of benzene rings is 2. The Morgan fingerprint density at radius 1 is 1.20 bits per heavy atom. The van der Waals surface area contributed by atoms with Crippen molar-refractivity contribution in [2.45, 2.75) is 17.4 Å². The second kappa shape index (κ2) is 6.81. The second-order valence-corrected chi connectivity index (χ2v) is 7.32. The average Bonchev–Trinajstić information content (AvgIpc) is 2.95. The van der Waals surface area contributed by atoms with Crippen molar-refractivity contribution >= 4 is 21.6 Å². The molecule has 1 N–H and O–H groups in total. The Labute approximate surface area is 145 Å². The van der Waals surface area contributed by atoms with Crippen LogP contribution in [0.15, 0.2) is 53.4 Å². The third-order valence-corrected chi connectivity index (χ3v) is 5.46. The van der Waals surface area contributed by atoms with Crippen LogP contribution >= 0.6 is 0 Å². The second-order valence-electron chi connectivity index (χ2n) is 5.61. The first-order valence-corrected chi connectivity index (χ1v) is 9.12. The van der Waals surface area contributed by atoms with Gasteiger partial charge in [0.1, 0.15) is 17.6 Å². The number of hydrogen-bond donors (Lipinski definition) is 1. The molecule has 2 aromatic carbocycles. The summed E-state index contributed by atoms with van der Waals surface area (Å²) in [5.41, 5.74) is 0.665. The van der Waals surface area contributed by atoms with E-state index in [-0.39, 0.29) is 10.8 Å². The molecule has 0 aliphatic carbocycles. The van der Waals surface area contributed by atoms with Crippen LogP contribution in [0.2, 0.25) is 0 Å². The van der Waals surface area contributed by atoms with Crippen molar-refractivity contribution in [2.75, 3.05) is 18.6 Å². The molecule has 2 aromatic rings. The van der Waals surface area contributed by atoms with Crippen molar-refractivity contribution in [1.29, 1.82) is 0 Å². The molecule has 132 valence electrons. The summed E-state index contributed by atoms with van der Waals surface area (Å²) in [5.74, 6) is -0.329. The zero-order chi connectivity index (χ0) is 18.0. The molecule has 1 aliphatic heterocycles. The van der Waals surface area contributed by atoms with Gasteiger partial charge in [0.05, 0.1) is 12.0 Å². The third kappa shape index (κ3) is 3.64. The lowest BCUT2D eigenvalue weighted by Gasteiger charge is -2.17. The van der Waals surface area contributed by atoms with E-state index in [1.54, 1.807) is 31.4 Å². The van der Waals surface area contributed by atoms with Crippen molar-refractivity contribution in [3.63, 3.8) is 0 Å². The van der Waals surface area contributed by atoms with Gasteiger partial charge in [0.25, 0.3) is 0 Å². The molecule has 1 aliphatic rings. The Kier molecular flexibility index (Phi) is 4.73. The van der Waals surface area contributed by atoms with Gasteiger partial charge in [0.15, 0.2) is 0 Å². The maximum atomic E-state index is 13.3. The first-order valence-electron chi connectivity index (χ1n) is 7.64. The number of amides is 1. The minimum absolute atomic E-state index is 0.205. The highest BCUT2D eigenvalue weighted by molar-refractivity contribution is 7.89. The minimum Gasteiger partial charge on any atom is -0.497 e. The van der Waals surface area contributed by atoms with Crippen molar-refractivity contribution in [3.8, 4) is 5.75 Å². The molecule has 3 rings (SSSR count). The smallest absolute Gasteiger partial charge is 0.245 e. The molecular weight excluding hydrogens is 347 g/mol. The van der Waals surface area contributed by atoms with E-state index in [1.165, 1.54) is 17.0 Å². The highest BCUT2D eigenvalue weighted by atomic mass is 32.2. The Balaban J connectivity index is 1.75. The molecule has 25 heavy (non-hydrogen) atoms. The molecule has 0 spiro atoms. The SMILES string of the molecule is COc1ccc(N2CC[C@@H](NS(=O)(=O)c3cccc(F)c3)C2=O)cc1. The molecule has 6 nitrogen and oxygen atoms in total. The van der Waals surface area contributed by atoms with Crippen LogP contribution in [0.4, 0.5) is 10.1 Å². The van der Waals surface area contributed by atoms with E-state index >= 15 is 0 Å². The molecule has 1 amide bonds. The summed E-state index contributed by atoms with van der Waals surface area (Å²) in [6.07, 6.45) is 0.333.